The number of hydrazone groups is 1. The van der Waals surface area contributed by atoms with Crippen LogP contribution in [-0.4, -0.2) is 17.5 Å². The van der Waals surface area contributed by atoms with E-state index < -0.39 is 17.6 Å². The Morgan fingerprint density at radius 2 is 1.59 bits per heavy atom. The summed E-state index contributed by atoms with van der Waals surface area (Å²) in [6.45, 7) is 0. The lowest BCUT2D eigenvalue weighted by atomic mass is 9.99. The molecule has 0 atom stereocenters. The maximum Gasteiger partial charge on any atom is 0.329 e. The van der Waals surface area contributed by atoms with Crippen molar-refractivity contribution in [3.63, 3.8) is 0 Å². The van der Waals surface area contributed by atoms with Crippen LogP contribution in [0.15, 0.2) is 29.4 Å². The second kappa shape index (κ2) is 8.26. The minimum Gasteiger partial charge on any atom is -0.315 e. The minimum atomic E-state index is -0.930. The molecule has 0 aromatic heterocycles. The van der Waals surface area contributed by atoms with Crippen LogP contribution in [0, 0.1) is 5.82 Å². The van der Waals surface area contributed by atoms with Gasteiger partial charge in [0.1, 0.15) is 5.82 Å². The highest BCUT2D eigenvalue weighted by molar-refractivity contribution is 6.39. The Bertz CT molecular complexity index is 562. The second-order valence-electron chi connectivity index (χ2n) is 5.32. The van der Waals surface area contributed by atoms with Crippen LogP contribution in [0.3, 0.4) is 0 Å². The lowest BCUT2D eigenvalue weighted by molar-refractivity contribution is -0.136. The van der Waals surface area contributed by atoms with Crippen LogP contribution >= 0.6 is 0 Å². The van der Waals surface area contributed by atoms with E-state index in [0.29, 0.717) is 0 Å². The van der Waals surface area contributed by atoms with Crippen molar-refractivity contribution in [2.24, 2.45) is 5.10 Å². The molecule has 2 amide bonds. The van der Waals surface area contributed by atoms with E-state index in [-0.39, 0.29) is 5.69 Å². The Labute approximate surface area is 129 Å². The number of nitrogens with one attached hydrogen (secondary N) is 2. The van der Waals surface area contributed by atoms with E-state index in [1.54, 1.807) is 6.07 Å². The molecule has 1 aromatic rings. The molecule has 118 valence electrons. The minimum absolute atomic E-state index is 0.0266. The summed E-state index contributed by atoms with van der Waals surface area (Å²) in [5.74, 6) is -2.41. The predicted molar refractivity (Wildman–Crippen MR) is 82.9 cm³/mol. The molecule has 1 aliphatic carbocycles. The number of halogens is 1. The number of benzene rings is 1. The van der Waals surface area contributed by atoms with E-state index in [1.165, 1.54) is 37.5 Å². The second-order valence-corrected chi connectivity index (χ2v) is 5.32. The molecule has 0 unspecified atom stereocenters. The summed E-state index contributed by atoms with van der Waals surface area (Å²) in [6.07, 6.45) is 7.36. The van der Waals surface area contributed by atoms with Crippen molar-refractivity contribution >= 4 is 23.2 Å². The molecular formula is C16H20FN3O2. The van der Waals surface area contributed by atoms with Gasteiger partial charge < -0.3 is 5.32 Å². The lowest BCUT2D eigenvalue weighted by Crippen LogP contribution is -2.33. The van der Waals surface area contributed by atoms with E-state index in [2.05, 4.69) is 15.8 Å². The molecule has 0 aliphatic heterocycles. The van der Waals surface area contributed by atoms with Crippen LogP contribution in [0.4, 0.5) is 10.1 Å². The third kappa shape index (κ3) is 4.95. The zero-order valence-electron chi connectivity index (χ0n) is 12.4. The van der Waals surface area contributed by atoms with Gasteiger partial charge in [0.25, 0.3) is 0 Å². The third-order valence-electron chi connectivity index (χ3n) is 3.57. The smallest absolute Gasteiger partial charge is 0.315 e. The molecule has 1 fully saturated rings. The van der Waals surface area contributed by atoms with Gasteiger partial charge in [0.15, 0.2) is 0 Å². The molecule has 0 heterocycles. The van der Waals surface area contributed by atoms with E-state index >= 15 is 0 Å². The van der Waals surface area contributed by atoms with E-state index in [4.69, 9.17) is 0 Å². The zero-order valence-corrected chi connectivity index (χ0v) is 12.4. The largest absolute Gasteiger partial charge is 0.329 e. The Hall–Kier alpha value is -2.24. The highest BCUT2D eigenvalue weighted by atomic mass is 19.1. The first-order valence-electron chi connectivity index (χ1n) is 7.58. The van der Waals surface area contributed by atoms with Gasteiger partial charge in [0, 0.05) is 5.71 Å². The summed E-state index contributed by atoms with van der Waals surface area (Å²) in [6, 6.07) is 5.68. The molecule has 5 nitrogen and oxygen atoms in total. The van der Waals surface area contributed by atoms with Gasteiger partial charge in [-0.25, -0.2) is 9.82 Å². The average molecular weight is 305 g/mol. The number of nitrogens with zero attached hydrogens (tertiary/aromatic N) is 1. The van der Waals surface area contributed by atoms with Crippen LogP contribution in [0.1, 0.15) is 44.9 Å². The zero-order chi connectivity index (χ0) is 15.8. The molecule has 1 aliphatic rings. The fraction of sp³-hybridized carbons (Fsp3) is 0.438. The Kier molecular flexibility index (Phi) is 6.06. The number of amides is 2. The number of carbonyl (C=O) groups excluding carboxylic acids is 2. The monoisotopic (exact) mass is 305 g/mol. The number of hydrogen-bond donors (Lipinski definition) is 2. The molecule has 6 heteroatoms. The molecule has 1 aromatic carbocycles. The number of anilines is 1. The van der Waals surface area contributed by atoms with Crippen LogP contribution < -0.4 is 10.7 Å². The summed E-state index contributed by atoms with van der Waals surface area (Å²) in [4.78, 5) is 23.4. The first-order valence-corrected chi connectivity index (χ1v) is 7.58. The first kappa shape index (κ1) is 16.1. The molecule has 0 saturated heterocycles. The molecule has 0 radical (unpaired) electrons. The molecule has 22 heavy (non-hydrogen) atoms. The third-order valence-corrected chi connectivity index (χ3v) is 3.57. The normalized spacial score (nSPS) is 15.4. The Morgan fingerprint density at radius 1 is 0.955 bits per heavy atom. The summed E-state index contributed by atoms with van der Waals surface area (Å²) >= 11 is 0. The fourth-order valence-corrected chi connectivity index (χ4v) is 2.35. The maximum atomic E-state index is 13.4. The number of para-hydroxylation sites is 1. The standard InChI is InChI=1S/C16H20FN3O2/c17-13-10-6-7-11-14(13)18-15(21)16(22)20-19-12-8-4-2-1-3-5-9-12/h6-7,10-11H,1-5,8-9H2,(H,18,21)(H,20,22). The summed E-state index contributed by atoms with van der Waals surface area (Å²) in [5.41, 5.74) is 3.14. The SMILES string of the molecule is O=C(NN=C1CCCCCCC1)C(=O)Nc1ccccc1F. The fourth-order valence-electron chi connectivity index (χ4n) is 2.35. The highest BCUT2D eigenvalue weighted by Gasteiger charge is 2.15. The Morgan fingerprint density at radius 3 is 2.27 bits per heavy atom. The van der Waals surface area contributed by atoms with Crippen LogP contribution in [0.25, 0.3) is 0 Å². The molecule has 1 saturated carbocycles. The van der Waals surface area contributed by atoms with E-state index in [0.717, 1.165) is 31.4 Å². The summed E-state index contributed by atoms with van der Waals surface area (Å²) in [7, 11) is 0. The quantitative estimate of drug-likeness (QED) is 0.651. The van der Waals surface area contributed by atoms with Gasteiger partial charge in [-0.05, 0) is 37.8 Å². The van der Waals surface area contributed by atoms with Gasteiger partial charge in [0.05, 0.1) is 5.69 Å². The molecule has 2 rings (SSSR count). The topological polar surface area (TPSA) is 70.6 Å². The van der Waals surface area contributed by atoms with Crippen molar-refractivity contribution in [1.29, 1.82) is 0 Å². The van der Waals surface area contributed by atoms with Gasteiger partial charge in [-0.15, -0.1) is 0 Å². The molecule has 0 bridgehead atoms. The highest BCUT2D eigenvalue weighted by Crippen LogP contribution is 2.15. The van der Waals surface area contributed by atoms with Crippen LogP contribution in [-0.2, 0) is 9.59 Å². The molecule has 2 N–H and O–H groups in total. The van der Waals surface area contributed by atoms with Crippen molar-refractivity contribution in [2.75, 3.05) is 5.32 Å². The van der Waals surface area contributed by atoms with Gasteiger partial charge in [-0.3, -0.25) is 9.59 Å². The van der Waals surface area contributed by atoms with Crippen LogP contribution in [0.5, 0.6) is 0 Å². The Balaban J connectivity index is 1.88. The van der Waals surface area contributed by atoms with Crippen molar-refractivity contribution in [1.82, 2.24) is 5.43 Å². The summed E-state index contributed by atoms with van der Waals surface area (Å²) in [5, 5.41) is 6.26. The van der Waals surface area contributed by atoms with Gasteiger partial charge in [-0.2, -0.15) is 5.10 Å². The van der Waals surface area contributed by atoms with Crippen molar-refractivity contribution < 1.29 is 14.0 Å². The number of hydrogen-bond acceptors (Lipinski definition) is 3. The molecular weight excluding hydrogens is 285 g/mol. The van der Waals surface area contributed by atoms with Gasteiger partial charge in [-0.1, -0.05) is 31.4 Å². The summed E-state index contributed by atoms with van der Waals surface area (Å²) < 4.78 is 13.4. The van der Waals surface area contributed by atoms with Crippen LogP contribution in [0.2, 0.25) is 0 Å². The average Bonchev–Trinajstić information content (AvgIpc) is 2.48. The van der Waals surface area contributed by atoms with Crippen molar-refractivity contribution in [3.05, 3.63) is 30.1 Å². The number of carbonyl (C=O) groups is 2. The lowest BCUT2D eigenvalue weighted by Gasteiger charge is -2.11. The van der Waals surface area contributed by atoms with E-state index in [9.17, 15) is 14.0 Å². The first-order chi connectivity index (χ1) is 10.7. The van der Waals surface area contributed by atoms with Gasteiger partial charge in [0.2, 0.25) is 0 Å². The van der Waals surface area contributed by atoms with Crippen molar-refractivity contribution in [3.8, 4) is 0 Å². The van der Waals surface area contributed by atoms with Gasteiger partial charge >= 0.3 is 11.8 Å². The van der Waals surface area contributed by atoms with E-state index in [1.807, 2.05) is 0 Å². The number of rotatable bonds is 2. The molecule has 0 spiro atoms. The predicted octanol–water partition coefficient (Wildman–Crippen LogP) is 2.98. The maximum absolute atomic E-state index is 13.4. The van der Waals surface area contributed by atoms with Crippen molar-refractivity contribution in [2.45, 2.75) is 44.9 Å².